The molecule has 19 heavy (non-hydrogen) atoms. The van der Waals surface area contributed by atoms with Crippen LogP contribution in [0.5, 0.6) is 5.75 Å². The molecule has 5 heteroatoms. The molecular weight excluding hydrogens is 245 g/mol. The Morgan fingerprint density at radius 2 is 2.05 bits per heavy atom. The number of hydrogen-bond acceptors (Lipinski definition) is 3. The highest BCUT2D eigenvalue weighted by Crippen LogP contribution is 2.32. The lowest BCUT2D eigenvalue weighted by Crippen LogP contribution is -1.94. The summed E-state index contributed by atoms with van der Waals surface area (Å²) in [5, 5.41) is 4.23. The van der Waals surface area contributed by atoms with Crippen LogP contribution in [-0.4, -0.2) is 21.7 Å². The van der Waals surface area contributed by atoms with Crippen LogP contribution in [0.3, 0.4) is 0 Å². The van der Waals surface area contributed by atoms with E-state index in [1.54, 1.807) is 28.9 Å². The Hall–Kier alpha value is -2.43. The largest absolute Gasteiger partial charge is 0.496 e. The van der Waals surface area contributed by atoms with Gasteiger partial charge in [-0.1, -0.05) is 6.07 Å². The normalized spacial score (nSPS) is 10.9. The van der Waals surface area contributed by atoms with Crippen LogP contribution in [0.15, 0.2) is 36.5 Å². The topological polar surface area (TPSA) is 39.4 Å². The summed E-state index contributed by atoms with van der Waals surface area (Å²) >= 11 is 0. The third-order valence-electron chi connectivity index (χ3n) is 2.92. The maximum Gasteiger partial charge on any atom is 0.155 e. The van der Waals surface area contributed by atoms with Crippen LogP contribution in [0, 0.1) is 12.7 Å². The van der Waals surface area contributed by atoms with E-state index in [9.17, 15) is 4.39 Å². The molecule has 4 nitrogen and oxygen atoms in total. The van der Waals surface area contributed by atoms with Crippen molar-refractivity contribution in [3.63, 3.8) is 0 Å². The fourth-order valence-corrected chi connectivity index (χ4v) is 2.10. The van der Waals surface area contributed by atoms with Gasteiger partial charge in [-0.25, -0.2) is 13.9 Å². The average Bonchev–Trinajstić information content (AvgIpc) is 2.77. The number of nitrogens with zero attached hydrogens (tertiary/aromatic N) is 3. The van der Waals surface area contributed by atoms with Crippen LogP contribution >= 0.6 is 0 Å². The predicted molar refractivity (Wildman–Crippen MR) is 69.7 cm³/mol. The molecule has 96 valence electrons. The van der Waals surface area contributed by atoms with Gasteiger partial charge in [0.2, 0.25) is 0 Å². The Kier molecular flexibility index (Phi) is 2.67. The lowest BCUT2D eigenvalue weighted by Gasteiger charge is -2.09. The number of fused-ring (bicyclic) bond motifs is 1. The quantitative estimate of drug-likeness (QED) is 0.708. The monoisotopic (exact) mass is 257 g/mol. The molecule has 0 amide bonds. The summed E-state index contributed by atoms with van der Waals surface area (Å²) in [5.74, 6) is 0.851. The molecule has 2 heterocycles. The Morgan fingerprint density at radius 3 is 2.84 bits per heavy atom. The van der Waals surface area contributed by atoms with Crippen LogP contribution < -0.4 is 4.74 Å². The molecule has 0 N–H and O–H groups in total. The maximum absolute atomic E-state index is 14.0. The zero-order chi connectivity index (χ0) is 13.4. The number of hydrogen-bond donors (Lipinski definition) is 0. The number of aromatic nitrogens is 3. The standard InChI is InChI=1S/C14H12FN3O/c1-9-16-13-7-6-10(8-18(13)17-9)14-11(15)4-3-5-12(14)19-2/h3-8H,1-2H3. The first-order valence-electron chi connectivity index (χ1n) is 5.85. The first kappa shape index (κ1) is 11.6. The number of rotatable bonds is 2. The minimum Gasteiger partial charge on any atom is -0.496 e. The molecule has 0 spiro atoms. The second-order valence-electron chi connectivity index (χ2n) is 4.20. The van der Waals surface area contributed by atoms with E-state index in [0.717, 1.165) is 5.65 Å². The van der Waals surface area contributed by atoms with E-state index in [2.05, 4.69) is 10.1 Å². The van der Waals surface area contributed by atoms with E-state index in [4.69, 9.17) is 4.74 Å². The van der Waals surface area contributed by atoms with Gasteiger partial charge in [0.15, 0.2) is 5.65 Å². The van der Waals surface area contributed by atoms with Gasteiger partial charge in [0.25, 0.3) is 0 Å². The number of halogens is 1. The van der Waals surface area contributed by atoms with E-state index in [0.29, 0.717) is 22.7 Å². The molecule has 0 fully saturated rings. The summed E-state index contributed by atoms with van der Waals surface area (Å²) in [7, 11) is 1.52. The van der Waals surface area contributed by atoms with Crippen LogP contribution in [0.2, 0.25) is 0 Å². The predicted octanol–water partition coefficient (Wildman–Crippen LogP) is 2.85. The number of methoxy groups -OCH3 is 1. The van der Waals surface area contributed by atoms with Gasteiger partial charge in [0.1, 0.15) is 17.4 Å². The minimum atomic E-state index is -0.324. The summed E-state index contributed by atoms with van der Waals surface area (Å²) in [6.07, 6.45) is 1.75. The number of benzene rings is 1. The lowest BCUT2D eigenvalue weighted by molar-refractivity contribution is 0.413. The molecule has 3 aromatic rings. The SMILES string of the molecule is COc1cccc(F)c1-c1ccc2nc(C)nn2c1. The number of pyridine rings is 1. The van der Waals surface area contributed by atoms with Crippen molar-refractivity contribution in [2.45, 2.75) is 6.92 Å². The van der Waals surface area contributed by atoms with Gasteiger partial charge < -0.3 is 4.74 Å². The fourth-order valence-electron chi connectivity index (χ4n) is 2.10. The fraction of sp³-hybridized carbons (Fsp3) is 0.143. The molecule has 0 atom stereocenters. The average molecular weight is 257 g/mol. The van der Waals surface area contributed by atoms with Crippen molar-refractivity contribution >= 4 is 5.65 Å². The van der Waals surface area contributed by atoms with E-state index < -0.39 is 0 Å². The zero-order valence-electron chi connectivity index (χ0n) is 10.6. The second kappa shape index (κ2) is 4.35. The van der Waals surface area contributed by atoms with Gasteiger partial charge in [-0.15, -0.1) is 0 Å². The van der Waals surface area contributed by atoms with Gasteiger partial charge in [-0.2, -0.15) is 5.10 Å². The number of aryl methyl sites for hydroxylation is 1. The van der Waals surface area contributed by atoms with E-state index in [1.807, 2.05) is 13.0 Å². The van der Waals surface area contributed by atoms with Crippen molar-refractivity contribution in [1.82, 2.24) is 14.6 Å². The highest BCUT2D eigenvalue weighted by molar-refractivity contribution is 5.71. The highest BCUT2D eigenvalue weighted by Gasteiger charge is 2.12. The molecule has 0 radical (unpaired) electrons. The van der Waals surface area contributed by atoms with Crippen LogP contribution in [0.1, 0.15) is 5.82 Å². The second-order valence-corrected chi connectivity index (χ2v) is 4.20. The van der Waals surface area contributed by atoms with E-state index >= 15 is 0 Å². The first-order valence-corrected chi connectivity index (χ1v) is 5.85. The summed E-state index contributed by atoms with van der Waals surface area (Å²) < 4.78 is 20.9. The van der Waals surface area contributed by atoms with Crippen molar-refractivity contribution in [3.05, 3.63) is 48.2 Å². The molecule has 3 rings (SSSR count). The highest BCUT2D eigenvalue weighted by atomic mass is 19.1. The van der Waals surface area contributed by atoms with Crippen LogP contribution in [0.4, 0.5) is 4.39 Å². The molecule has 2 aromatic heterocycles. The van der Waals surface area contributed by atoms with E-state index in [1.165, 1.54) is 13.2 Å². The molecule has 0 unspecified atom stereocenters. The third kappa shape index (κ3) is 1.93. The van der Waals surface area contributed by atoms with Crippen molar-refractivity contribution in [3.8, 4) is 16.9 Å². The summed E-state index contributed by atoms with van der Waals surface area (Å²) in [6, 6.07) is 8.38. The minimum absolute atomic E-state index is 0.324. The molecule has 0 aliphatic carbocycles. The molecule has 0 saturated carbocycles. The smallest absolute Gasteiger partial charge is 0.155 e. The molecule has 1 aromatic carbocycles. The molecule has 0 aliphatic rings. The first-order chi connectivity index (χ1) is 9.19. The van der Waals surface area contributed by atoms with Gasteiger partial charge in [0.05, 0.1) is 12.7 Å². The maximum atomic E-state index is 14.0. The molecule has 0 saturated heterocycles. The molecular formula is C14H12FN3O. The van der Waals surface area contributed by atoms with Gasteiger partial charge in [-0.3, -0.25) is 0 Å². The van der Waals surface area contributed by atoms with Crippen molar-refractivity contribution in [2.24, 2.45) is 0 Å². The Balaban J connectivity index is 2.23. The Labute approximate surface area is 109 Å². The van der Waals surface area contributed by atoms with Gasteiger partial charge in [-0.05, 0) is 31.2 Å². The van der Waals surface area contributed by atoms with Gasteiger partial charge in [0, 0.05) is 11.8 Å². The van der Waals surface area contributed by atoms with Gasteiger partial charge >= 0.3 is 0 Å². The Morgan fingerprint density at radius 1 is 1.21 bits per heavy atom. The van der Waals surface area contributed by atoms with Crippen molar-refractivity contribution < 1.29 is 9.13 Å². The molecule has 0 aliphatic heterocycles. The summed E-state index contributed by atoms with van der Waals surface area (Å²) in [4.78, 5) is 4.24. The molecule has 0 bridgehead atoms. The lowest BCUT2D eigenvalue weighted by atomic mass is 10.1. The third-order valence-corrected chi connectivity index (χ3v) is 2.92. The Bertz CT molecular complexity index is 752. The zero-order valence-corrected chi connectivity index (χ0v) is 10.6. The van der Waals surface area contributed by atoms with Crippen LogP contribution in [-0.2, 0) is 0 Å². The number of ether oxygens (including phenoxy) is 1. The van der Waals surface area contributed by atoms with Crippen LogP contribution in [0.25, 0.3) is 16.8 Å². The van der Waals surface area contributed by atoms with Crippen molar-refractivity contribution in [2.75, 3.05) is 7.11 Å². The summed E-state index contributed by atoms with van der Waals surface area (Å²) in [6.45, 7) is 1.82. The summed E-state index contributed by atoms with van der Waals surface area (Å²) in [5.41, 5.74) is 1.86. The van der Waals surface area contributed by atoms with Crippen molar-refractivity contribution in [1.29, 1.82) is 0 Å². The van der Waals surface area contributed by atoms with E-state index in [-0.39, 0.29) is 5.82 Å².